The Hall–Kier alpha value is -2.18. The number of aliphatic hydroxyl groups excluding tert-OH is 1. The Morgan fingerprint density at radius 1 is 1.21 bits per heavy atom. The van der Waals surface area contributed by atoms with Crippen LogP contribution in [0.25, 0.3) is 0 Å². The zero-order valence-electron chi connectivity index (χ0n) is 15.7. The molecule has 1 saturated carbocycles. The number of rotatable bonds is 4. The van der Waals surface area contributed by atoms with E-state index in [9.17, 15) is 14.7 Å². The largest absolute Gasteiger partial charge is 0.503 e. The molecule has 2 aliphatic rings. The normalized spacial score (nSPS) is 20.5. The van der Waals surface area contributed by atoms with Gasteiger partial charge in [-0.2, -0.15) is 0 Å². The lowest BCUT2D eigenvalue weighted by Crippen LogP contribution is -2.38. The van der Waals surface area contributed by atoms with Crippen LogP contribution in [0.1, 0.15) is 57.7 Å². The molecule has 0 spiro atoms. The molecule has 0 saturated heterocycles. The van der Waals surface area contributed by atoms with Crippen molar-refractivity contribution in [3.05, 3.63) is 61.8 Å². The number of halogens is 1. The van der Waals surface area contributed by atoms with Crippen molar-refractivity contribution >= 4 is 34.6 Å². The highest BCUT2D eigenvalue weighted by atomic mass is 35.5. The molecule has 1 amide bonds. The molecule has 1 aromatic heterocycles. The topological polar surface area (TPSA) is 70.5 Å². The summed E-state index contributed by atoms with van der Waals surface area (Å²) in [5.74, 6) is -1.23. The molecule has 28 heavy (non-hydrogen) atoms. The van der Waals surface area contributed by atoms with Gasteiger partial charge in [0.15, 0.2) is 5.76 Å². The number of carbonyl (C=O) groups excluding carboxylic acids is 2. The molecular weight excluding hydrogens is 396 g/mol. The minimum atomic E-state index is -0.609. The molecule has 1 fully saturated rings. The molecule has 1 aliphatic carbocycles. The lowest BCUT2D eigenvalue weighted by atomic mass is 9.94. The van der Waals surface area contributed by atoms with E-state index in [1.165, 1.54) is 11.3 Å². The van der Waals surface area contributed by atoms with E-state index in [0.29, 0.717) is 15.6 Å². The van der Waals surface area contributed by atoms with Gasteiger partial charge < -0.3 is 10.0 Å². The Labute approximate surface area is 172 Å². The smallest absolute Gasteiger partial charge is 0.290 e. The van der Waals surface area contributed by atoms with E-state index >= 15 is 0 Å². The fraction of sp³-hybridized carbons (Fsp3) is 0.381. The summed E-state index contributed by atoms with van der Waals surface area (Å²) in [6, 6.07) is 6.53. The Bertz CT molecular complexity index is 974. The van der Waals surface area contributed by atoms with Crippen LogP contribution in [0.5, 0.6) is 0 Å². The maximum absolute atomic E-state index is 13.4. The molecule has 1 aromatic carbocycles. The number of hydrogen-bond acceptors (Lipinski definition) is 5. The third-order valence-corrected chi connectivity index (χ3v) is 6.83. The molecule has 1 N–H and O–H groups in total. The van der Waals surface area contributed by atoms with Gasteiger partial charge in [0.05, 0.1) is 27.2 Å². The van der Waals surface area contributed by atoms with E-state index in [2.05, 4.69) is 4.98 Å². The third kappa shape index (κ3) is 3.14. The van der Waals surface area contributed by atoms with Gasteiger partial charge in [-0.1, -0.05) is 36.6 Å². The van der Waals surface area contributed by atoms with E-state index in [1.807, 2.05) is 19.1 Å². The Balaban J connectivity index is 1.83. The second-order valence-electron chi connectivity index (χ2n) is 7.34. The number of aryl methyl sites for hydroxylation is 2. The summed E-state index contributed by atoms with van der Waals surface area (Å²) in [5.41, 5.74) is 1.54. The zero-order valence-corrected chi connectivity index (χ0v) is 17.3. The number of carbonyl (C=O) groups is 2. The summed E-state index contributed by atoms with van der Waals surface area (Å²) >= 11 is 7.33. The van der Waals surface area contributed by atoms with Crippen LogP contribution in [0.4, 0.5) is 0 Å². The van der Waals surface area contributed by atoms with E-state index in [-0.39, 0.29) is 17.4 Å². The Morgan fingerprint density at radius 2 is 1.86 bits per heavy atom. The minimum absolute atomic E-state index is 0.0184. The number of nitrogens with zero attached hydrogens (tertiary/aromatic N) is 2. The molecule has 146 valence electrons. The molecule has 2 heterocycles. The lowest BCUT2D eigenvalue weighted by Gasteiger charge is -2.32. The van der Waals surface area contributed by atoms with Gasteiger partial charge in [0.1, 0.15) is 0 Å². The van der Waals surface area contributed by atoms with E-state index in [0.717, 1.165) is 36.3 Å². The van der Waals surface area contributed by atoms with Gasteiger partial charge >= 0.3 is 0 Å². The highest BCUT2D eigenvalue weighted by molar-refractivity contribution is 7.14. The average Bonchev–Trinajstić information content (AvgIpc) is 3.35. The zero-order chi connectivity index (χ0) is 20.0. The van der Waals surface area contributed by atoms with Crippen molar-refractivity contribution in [2.75, 3.05) is 0 Å². The van der Waals surface area contributed by atoms with Crippen LogP contribution in [0.3, 0.4) is 0 Å². The first kappa shape index (κ1) is 19.2. The molecular formula is C21H21ClN2O3S. The minimum Gasteiger partial charge on any atom is -0.503 e. The summed E-state index contributed by atoms with van der Waals surface area (Å²) in [7, 11) is 0. The summed E-state index contributed by atoms with van der Waals surface area (Å²) in [6.07, 6.45) is 3.84. The Morgan fingerprint density at radius 3 is 2.43 bits per heavy atom. The van der Waals surface area contributed by atoms with Crippen molar-refractivity contribution in [1.29, 1.82) is 0 Å². The van der Waals surface area contributed by atoms with Crippen molar-refractivity contribution in [3.63, 3.8) is 0 Å². The molecule has 0 radical (unpaired) electrons. The highest BCUT2D eigenvalue weighted by Gasteiger charge is 2.47. The lowest BCUT2D eigenvalue weighted by molar-refractivity contribution is -0.131. The van der Waals surface area contributed by atoms with Crippen LogP contribution in [-0.4, -0.2) is 32.7 Å². The fourth-order valence-corrected chi connectivity index (χ4v) is 5.25. The van der Waals surface area contributed by atoms with Crippen molar-refractivity contribution in [2.24, 2.45) is 0 Å². The second-order valence-corrected chi connectivity index (χ2v) is 8.98. The number of aliphatic hydroxyl groups is 1. The van der Waals surface area contributed by atoms with Crippen LogP contribution in [0.2, 0.25) is 5.02 Å². The van der Waals surface area contributed by atoms with E-state index in [4.69, 9.17) is 11.6 Å². The first-order valence-electron chi connectivity index (χ1n) is 9.38. The van der Waals surface area contributed by atoms with Crippen molar-refractivity contribution in [2.45, 2.75) is 51.6 Å². The van der Waals surface area contributed by atoms with Crippen LogP contribution in [0.15, 0.2) is 35.6 Å². The average molecular weight is 417 g/mol. The van der Waals surface area contributed by atoms with Gasteiger partial charge in [0, 0.05) is 11.1 Å². The summed E-state index contributed by atoms with van der Waals surface area (Å²) < 4.78 is 0. The number of Topliss-reactive ketones (excluding diaryl/α,β-unsaturated/α-hetero) is 1. The number of ketones is 1. The van der Waals surface area contributed by atoms with E-state index < -0.39 is 17.7 Å². The molecule has 1 atom stereocenters. The van der Waals surface area contributed by atoms with Gasteiger partial charge in [0.2, 0.25) is 5.78 Å². The van der Waals surface area contributed by atoms with Crippen molar-refractivity contribution in [3.8, 4) is 0 Å². The van der Waals surface area contributed by atoms with Gasteiger partial charge in [-0.05, 0) is 44.4 Å². The third-order valence-electron chi connectivity index (χ3n) is 5.50. The van der Waals surface area contributed by atoms with Crippen molar-refractivity contribution in [1.82, 2.24) is 9.88 Å². The second kappa shape index (κ2) is 7.33. The number of aromatic nitrogens is 1. The molecule has 7 heteroatoms. The summed E-state index contributed by atoms with van der Waals surface area (Å²) in [5, 5.41) is 12.1. The maximum Gasteiger partial charge on any atom is 0.290 e. The predicted molar refractivity (Wildman–Crippen MR) is 109 cm³/mol. The predicted octanol–water partition coefficient (Wildman–Crippen LogP) is 4.93. The van der Waals surface area contributed by atoms with Gasteiger partial charge in [-0.25, -0.2) is 4.98 Å². The first-order chi connectivity index (χ1) is 13.4. The van der Waals surface area contributed by atoms with Crippen molar-refractivity contribution < 1.29 is 14.7 Å². The van der Waals surface area contributed by atoms with Gasteiger partial charge in [0.25, 0.3) is 5.91 Å². The molecule has 0 bridgehead atoms. The number of thiazole rings is 1. The van der Waals surface area contributed by atoms with Crippen LogP contribution in [0, 0.1) is 13.8 Å². The van der Waals surface area contributed by atoms with Gasteiger partial charge in [-0.15, -0.1) is 11.3 Å². The number of benzene rings is 1. The molecule has 4 rings (SSSR count). The fourth-order valence-electron chi connectivity index (χ4n) is 4.25. The summed E-state index contributed by atoms with van der Waals surface area (Å²) in [6.45, 7) is 3.61. The van der Waals surface area contributed by atoms with Crippen LogP contribution in [-0.2, 0) is 4.79 Å². The first-order valence-corrected chi connectivity index (χ1v) is 10.6. The van der Waals surface area contributed by atoms with Crippen LogP contribution >= 0.6 is 22.9 Å². The highest BCUT2D eigenvalue weighted by Crippen LogP contribution is 2.44. The molecule has 5 nitrogen and oxygen atoms in total. The molecule has 1 unspecified atom stereocenters. The molecule has 1 aliphatic heterocycles. The van der Waals surface area contributed by atoms with E-state index in [1.54, 1.807) is 24.0 Å². The number of amides is 1. The maximum atomic E-state index is 13.4. The van der Waals surface area contributed by atoms with Gasteiger partial charge in [-0.3, -0.25) is 9.59 Å². The SMILES string of the molecule is Cc1nc(C)c(C(=O)C2=C(O)C(=O)N(C3CCCC3)C2c2ccc(Cl)cc2)s1. The number of hydrogen-bond donors (Lipinski definition) is 1. The Kier molecular flexibility index (Phi) is 5.02. The quantitative estimate of drug-likeness (QED) is 0.717. The standard InChI is InChI=1S/C21H21ClN2O3S/c1-11-20(28-12(2)23-11)18(25)16-17(13-7-9-14(22)10-8-13)24(21(27)19(16)26)15-5-3-4-6-15/h7-10,15,17,26H,3-6H2,1-2H3. The summed E-state index contributed by atoms with van der Waals surface area (Å²) in [4.78, 5) is 32.9. The van der Waals surface area contributed by atoms with Crippen LogP contribution < -0.4 is 0 Å². The molecule has 2 aromatic rings. The monoisotopic (exact) mass is 416 g/mol.